The quantitative estimate of drug-likeness (QED) is 0.440. The summed E-state index contributed by atoms with van der Waals surface area (Å²) in [5, 5.41) is 12.1. The molecule has 0 bridgehead atoms. The molecule has 8 heteroatoms. The molecule has 4 rings (SSSR count). The smallest absolute Gasteiger partial charge is 0.276 e. The van der Waals surface area contributed by atoms with Gasteiger partial charge < -0.3 is 10.1 Å². The fourth-order valence-corrected chi connectivity index (χ4v) is 3.15. The molecule has 0 spiro atoms. The lowest BCUT2D eigenvalue weighted by Gasteiger charge is -2.07. The largest absolute Gasteiger partial charge is 0.471 e. The predicted molar refractivity (Wildman–Crippen MR) is 119 cm³/mol. The van der Waals surface area contributed by atoms with Crippen LogP contribution in [-0.4, -0.2) is 25.5 Å². The third-order valence-corrected chi connectivity index (χ3v) is 5.15. The van der Waals surface area contributed by atoms with Crippen molar-refractivity contribution in [1.29, 1.82) is 0 Å². The average Bonchev–Trinajstić information content (AvgIpc) is 3.43. The second-order valence-corrected chi connectivity index (χ2v) is 7.51. The number of nitrogens with zero attached hydrogens (tertiary/aromatic N) is 4. The van der Waals surface area contributed by atoms with Crippen LogP contribution in [0.2, 0.25) is 5.02 Å². The van der Waals surface area contributed by atoms with Gasteiger partial charge in [-0.05, 0) is 48.7 Å². The molecule has 0 saturated heterocycles. The second kappa shape index (κ2) is 9.49. The zero-order chi connectivity index (χ0) is 21.6. The third-order valence-electron chi connectivity index (χ3n) is 4.73. The molecular formula is C23H22ClN5O2. The highest BCUT2D eigenvalue weighted by Gasteiger charge is 2.11. The third kappa shape index (κ3) is 5.52. The first kappa shape index (κ1) is 20.7. The summed E-state index contributed by atoms with van der Waals surface area (Å²) in [6.45, 7) is 2.83. The van der Waals surface area contributed by atoms with Crippen LogP contribution in [0, 0.1) is 6.92 Å². The lowest BCUT2D eigenvalue weighted by Crippen LogP contribution is -2.14. The molecule has 0 saturated carbocycles. The van der Waals surface area contributed by atoms with Crippen molar-refractivity contribution in [1.82, 2.24) is 19.6 Å². The van der Waals surface area contributed by atoms with Crippen LogP contribution in [0.25, 0.3) is 0 Å². The molecule has 158 valence electrons. The van der Waals surface area contributed by atoms with Crippen molar-refractivity contribution in [2.24, 2.45) is 0 Å². The number of rotatable bonds is 8. The number of carbonyl (C=O) groups is 1. The Morgan fingerprint density at radius 1 is 1.13 bits per heavy atom. The zero-order valence-corrected chi connectivity index (χ0v) is 17.8. The van der Waals surface area contributed by atoms with Gasteiger partial charge in [0.1, 0.15) is 5.75 Å². The number of aromatic nitrogens is 4. The minimum atomic E-state index is -0.302. The van der Waals surface area contributed by atoms with Crippen LogP contribution in [0.1, 0.15) is 21.6 Å². The van der Waals surface area contributed by atoms with Crippen molar-refractivity contribution < 1.29 is 9.53 Å². The maximum Gasteiger partial charge on any atom is 0.276 e. The van der Waals surface area contributed by atoms with Crippen molar-refractivity contribution in [3.05, 3.63) is 95.0 Å². The fourth-order valence-electron chi connectivity index (χ4n) is 3.04. The molecule has 0 aliphatic carbocycles. The van der Waals surface area contributed by atoms with E-state index in [-0.39, 0.29) is 12.6 Å². The number of nitrogens with one attached hydrogen (secondary N) is 1. The Bertz CT molecular complexity index is 1170. The van der Waals surface area contributed by atoms with Crippen LogP contribution < -0.4 is 10.1 Å². The van der Waals surface area contributed by atoms with Crippen LogP contribution in [0.4, 0.5) is 5.69 Å². The van der Waals surface area contributed by atoms with Crippen molar-refractivity contribution in [2.75, 3.05) is 5.32 Å². The number of halogens is 1. The molecule has 31 heavy (non-hydrogen) atoms. The molecule has 0 atom stereocenters. The van der Waals surface area contributed by atoms with Gasteiger partial charge in [0.15, 0.2) is 12.4 Å². The summed E-state index contributed by atoms with van der Waals surface area (Å²) in [6, 6.07) is 17.3. The number of amides is 1. The molecular weight excluding hydrogens is 414 g/mol. The molecule has 0 radical (unpaired) electrons. The van der Waals surface area contributed by atoms with Gasteiger partial charge in [0.25, 0.3) is 5.91 Å². The standard InChI is InChI=1S/C23H22ClN5O2/c1-17-13-20(7-8-21(17)24)31-16-29-12-10-22(27-29)23(30)26-19-14-25-28(15-19)11-9-18-5-3-2-4-6-18/h2-8,10,12-15H,9,11,16H2,1H3,(H,26,30). The number of carbonyl (C=O) groups excluding carboxylic acids is 1. The van der Waals surface area contributed by atoms with E-state index in [2.05, 4.69) is 27.6 Å². The Hall–Kier alpha value is -3.58. The summed E-state index contributed by atoms with van der Waals surface area (Å²) in [6.07, 6.45) is 6.00. The summed E-state index contributed by atoms with van der Waals surface area (Å²) < 4.78 is 9.07. The van der Waals surface area contributed by atoms with Crippen molar-refractivity contribution in [3.8, 4) is 5.75 Å². The van der Waals surface area contributed by atoms with Crippen LogP contribution in [0.15, 0.2) is 73.2 Å². The van der Waals surface area contributed by atoms with Gasteiger partial charge in [-0.15, -0.1) is 0 Å². The number of aryl methyl sites for hydroxylation is 3. The highest BCUT2D eigenvalue weighted by atomic mass is 35.5. The Morgan fingerprint density at radius 2 is 1.97 bits per heavy atom. The highest BCUT2D eigenvalue weighted by molar-refractivity contribution is 6.31. The molecule has 1 amide bonds. The fraction of sp³-hybridized carbons (Fsp3) is 0.174. The molecule has 0 fully saturated rings. The van der Waals surface area contributed by atoms with E-state index >= 15 is 0 Å². The van der Waals surface area contributed by atoms with Gasteiger partial charge >= 0.3 is 0 Å². The molecule has 4 aromatic rings. The van der Waals surface area contributed by atoms with E-state index in [1.54, 1.807) is 35.3 Å². The van der Waals surface area contributed by atoms with Crippen LogP contribution in [0.5, 0.6) is 5.75 Å². The molecule has 0 aliphatic heterocycles. The number of ether oxygens (including phenoxy) is 1. The average molecular weight is 436 g/mol. The van der Waals surface area contributed by atoms with Gasteiger partial charge in [-0.1, -0.05) is 41.9 Å². The van der Waals surface area contributed by atoms with Crippen molar-refractivity contribution >= 4 is 23.2 Å². The van der Waals surface area contributed by atoms with Crippen molar-refractivity contribution in [3.63, 3.8) is 0 Å². The second-order valence-electron chi connectivity index (χ2n) is 7.11. The van der Waals surface area contributed by atoms with Gasteiger partial charge in [-0.25, -0.2) is 4.68 Å². The van der Waals surface area contributed by atoms with Gasteiger partial charge in [-0.2, -0.15) is 10.2 Å². The van der Waals surface area contributed by atoms with Crippen molar-refractivity contribution in [2.45, 2.75) is 26.6 Å². The molecule has 0 aliphatic rings. The lowest BCUT2D eigenvalue weighted by atomic mass is 10.1. The van der Waals surface area contributed by atoms with E-state index in [0.717, 1.165) is 18.5 Å². The lowest BCUT2D eigenvalue weighted by molar-refractivity contribution is 0.102. The Balaban J connectivity index is 1.29. The maximum atomic E-state index is 12.5. The van der Waals surface area contributed by atoms with Gasteiger partial charge in [0.05, 0.1) is 11.9 Å². The summed E-state index contributed by atoms with van der Waals surface area (Å²) in [5.41, 5.74) is 3.10. The first-order valence-corrected chi connectivity index (χ1v) is 10.2. The Labute approximate surface area is 185 Å². The summed E-state index contributed by atoms with van der Waals surface area (Å²) in [7, 11) is 0. The normalized spacial score (nSPS) is 10.8. The molecule has 2 heterocycles. The Kier molecular flexibility index (Phi) is 6.33. The van der Waals surface area contributed by atoms with E-state index in [4.69, 9.17) is 16.3 Å². The number of hydrogen-bond donors (Lipinski definition) is 1. The minimum Gasteiger partial charge on any atom is -0.471 e. The van der Waals surface area contributed by atoms with Gasteiger partial charge in [-0.3, -0.25) is 9.48 Å². The van der Waals surface area contributed by atoms with Crippen LogP contribution in [-0.2, 0) is 19.7 Å². The molecule has 7 nitrogen and oxygen atoms in total. The maximum absolute atomic E-state index is 12.5. The topological polar surface area (TPSA) is 74.0 Å². The van der Waals surface area contributed by atoms with Gasteiger partial charge in [0.2, 0.25) is 0 Å². The molecule has 0 unspecified atom stereocenters. The predicted octanol–water partition coefficient (Wildman–Crippen LogP) is 4.57. The molecule has 1 N–H and O–H groups in total. The highest BCUT2D eigenvalue weighted by Crippen LogP contribution is 2.21. The number of benzene rings is 2. The van der Waals surface area contributed by atoms with E-state index in [9.17, 15) is 4.79 Å². The monoisotopic (exact) mass is 435 g/mol. The first-order chi connectivity index (χ1) is 15.1. The number of anilines is 1. The van der Waals surface area contributed by atoms with E-state index < -0.39 is 0 Å². The summed E-state index contributed by atoms with van der Waals surface area (Å²) in [5.74, 6) is 0.384. The molecule has 2 aromatic heterocycles. The van der Waals surface area contributed by atoms with E-state index in [1.165, 1.54) is 5.56 Å². The summed E-state index contributed by atoms with van der Waals surface area (Å²) in [4.78, 5) is 12.5. The minimum absolute atomic E-state index is 0.186. The van der Waals surface area contributed by atoms with Crippen LogP contribution >= 0.6 is 11.6 Å². The number of hydrogen-bond acceptors (Lipinski definition) is 4. The molecule has 2 aromatic carbocycles. The van der Waals surface area contributed by atoms with E-state index in [1.807, 2.05) is 42.1 Å². The van der Waals surface area contributed by atoms with Crippen LogP contribution in [0.3, 0.4) is 0 Å². The Morgan fingerprint density at radius 3 is 2.77 bits per heavy atom. The van der Waals surface area contributed by atoms with Gasteiger partial charge in [0, 0.05) is 24.0 Å². The summed E-state index contributed by atoms with van der Waals surface area (Å²) >= 11 is 6.03. The zero-order valence-electron chi connectivity index (χ0n) is 17.0. The SMILES string of the molecule is Cc1cc(OCn2ccc(C(=O)Nc3cnn(CCc4ccccc4)c3)n2)ccc1Cl. The van der Waals surface area contributed by atoms with E-state index in [0.29, 0.717) is 22.2 Å². The first-order valence-electron chi connectivity index (χ1n) is 9.87.